The minimum atomic E-state index is -4.02. The molecule has 0 aliphatic carbocycles. The van der Waals surface area contributed by atoms with E-state index in [0.717, 1.165) is 5.56 Å². The molecule has 0 saturated carbocycles. The van der Waals surface area contributed by atoms with E-state index in [0.29, 0.717) is 6.61 Å². The molecule has 2 N–H and O–H groups in total. The molecule has 1 rings (SSSR count). The second-order valence-electron chi connectivity index (χ2n) is 6.38. The first-order chi connectivity index (χ1) is 13.7. The first-order valence-electron chi connectivity index (χ1n) is 8.98. The number of benzene rings is 1. The van der Waals surface area contributed by atoms with Crippen molar-refractivity contribution in [3.63, 3.8) is 0 Å². The first-order valence-corrected chi connectivity index (χ1v) is 10.4. The Balaban J connectivity index is 0. The lowest BCUT2D eigenvalue weighted by atomic mass is 10.1. The molecule has 0 saturated heterocycles. The Morgan fingerprint density at radius 3 is 1.93 bits per heavy atom. The van der Waals surface area contributed by atoms with Crippen LogP contribution in [0.2, 0.25) is 0 Å². The van der Waals surface area contributed by atoms with Gasteiger partial charge in [-0.2, -0.15) is 8.42 Å². The van der Waals surface area contributed by atoms with E-state index in [1.54, 1.807) is 25.1 Å². The maximum absolute atomic E-state index is 10.5. The highest BCUT2D eigenvalue weighted by atomic mass is 32.2. The van der Waals surface area contributed by atoms with Crippen molar-refractivity contribution < 1.29 is 27.6 Å². The fraction of sp³-hybridized carbons (Fsp3) is 0.391. The summed E-state index contributed by atoms with van der Waals surface area (Å²) in [5.41, 5.74) is -0.897. The van der Waals surface area contributed by atoms with Crippen molar-refractivity contribution in [1.82, 2.24) is 0 Å². The van der Waals surface area contributed by atoms with Gasteiger partial charge >= 0.3 is 0 Å². The van der Waals surface area contributed by atoms with Crippen molar-refractivity contribution in [2.24, 2.45) is 0 Å². The lowest BCUT2D eigenvalue weighted by Crippen LogP contribution is -2.30. The van der Waals surface area contributed by atoms with Gasteiger partial charge in [0, 0.05) is 6.61 Å². The van der Waals surface area contributed by atoms with Crippen molar-refractivity contribution in [1.29, 1.82) is 0 Å². The van der Waals surface area contributed by atoms with Gasteiger partial charge in [-0.05, 0) is 58.9 Å². The van der Waals surface area contributed by atoms with Crippen molar-refractivity contribution in [3.05, 3.63) is 55.1 Å². The fourth-order valence-electron chi connectivity index (χ4n) is 1.52. The zero-order valence-corrected chi connectivity index (χ0v) is 19.1. The molecular weight excluding hydrogens is 404 g/mol. The lowest BCUT2D eigenvalue weighted by Gasteiger charge is -2.24. The van der Waals surface area contributed by atoms with E-state index in [1.165, 1.54) is 25.1 Å². The van der Waals surface area contributed by atoms with E-state index in [2.05, 4.69) is 25.0 Å². The van der Waals surface area contributed by atoms with Gasteiger partial charge in [0.1, 0.15) is 11.2 Å². The van der Waals surface area contributed by atoms with Crippen LogP contribution in [-0.2, 0) is 19.6 Å². The molecule has 0 radical (unpaired) electrons. The molecule has 3 unspecified atom stereocenters. The minimum Gasteiger partial charge on any atom is -0.374 e. The van der Waals surface area contributed by atoms with E-state index >= 15 is 0 Å². The number of rotatable bonds is 7. The summed E-state index contributed by atoms with van der Waals surface area (Å²) in [6.07, 6.45) is 12.7. The quantitative estimate of drug-likeness (QED) is 0.293. The third-order valence-corrected chi connectivity index (χ3v) is 4.36. The number of aliphatic hydroxyl groups is 1. The summed E-state index contributed by atoms with van der Waals surface area (Å²) in [4.78, 5) is -0.0666. The second kappa shape index (κ2) is 13.8. The SMILES string of the molecule is C#CC(C)(C=C)OC(C)OCC.C#CC(C)(O)C=C.Cc1ccc(S(=O)(=O)O)cc1. The summed E-state index contributed by atoms with van der Waals surface area (Å²) in [6.45, 7) is 16.3. The van der Waals surface area contributed by atoms with Gasteiger partial charge in [0.05, 0.1) is 4.90 Å². The first kappa shape index (κ1) is 29.8. The molecule has 3 atom stereocenters. The predicted octanol–water partition coefficient (Wildman–Crippen LogP) is 3.76. The monoisotopic (exact) mass is 436 g/mol. The van der Waals surface area contributed by atoms with Crippen LogP contribution in [0.3, 0.4) is 0 Å². The average Bonchev–Trinajstić information content (AvgIpc) is 2.68. The Morgan fingerprint density at radius 2 is 1.67 bits per heavy atom. The third-order valence-electron chi connectivity index (χ3n) is 3.50. The number of aryl methyl sites for hydroxylation is 1. The molecule has 0 aliphatic rings. The van der Waals surface area contributed by atoms with Crippen molar-refractivity contribution in [2.75, 3.05) is 6.61 Å². The fourth-order valence-corrected chi connectivity index (χ4v) is 2.00. The van der Waals surface area contributed by atoms with Gasteiger partial charge in [-0.1, -0.05) is 42.7 Å². The van der Waals surface area contributed by atoms with Crippen LogP contribution in [0.4, 0.5) is 0 Å². The Labute approximate surface area is 181 Å². The molecule has 0 bridgehead atoms. The molecule has 1 aromatic rings. The van der Waals surface area contributed by atoms with Crippen molar-refractivity contribution >= 4 is 10.1 Å². The highest BCUT2D eigenvalue weighted by molar-refractivity contribution is 7.85. The molecule has 0 aromatic heterocycles. The summed E-state index contributed by atoms with van der Waals surface area (Å²) in [5.74, 6) is 4.63. The van der Waals surface area contributed by atoms with Crippen LogP contribution < -0.4 is 0 Å². The van der Waals surface area contributed by atoms with E-state index in [9.17, 15) is 8.42 Å². The van der Waals surface area contributed by atoms with E-state index in [4.69, 9.17) is 32.0 Å². The topological polar surface area (TPSA) is 93.1 Å². The Kier molecular flexibility index (Phi) is 13.7. The summed E-state index contributed by atoms with van der Waals surface area (Å²) >= 11 is 0. The van der Waals surface area contributed by atoms with Crippen LogP contribution in [0.1, 0.15) is 33.3 Å². The number of terminal acetylenes is 2. The smallest absolute Gasteiger partial charge is 0.294 e. The molecule has 1 aromatic carbocycles. The maximum atomic E-state index is 10.5. The highest BCUT2D eigenvalue weighted by Gasteiger charge is 2.20. The third kappa shape index (κ3) is 13.7. The lowest BCUT2D eigenvalue weighted by molar-refractivity contribution is -0.161. The van der Waals surface area contributed by atoms with E-state index in [-0.39, 0.29) is 11.2 Å². The van der Waals surface area contributed by atoms with E-state index in [1.807, 2.05) is 20.8 Å². The zero-order valence-electron chi connectivity index (χ0n) is 18.3. The van der Waals surface area contributed by atoms with Crippen molar-refractivity contribution in [3.8, 4) is 24.7 Å². The Bertz CT molecular complexity index is 841. The number of hydrogen-bond donors (Lipinski definition) is 2. The molecule has 6 nitrogen and oxygen atoms in total. The molecular formula is C23H32O6S. The van der Waals surface area contributed by atoms with Gasteiger partial charge in [0.25, 0.3) is 10.1 Å². The molecule has 0 fully saturated rings. The van der Waals surface area contributed by atoms with Crippen LogP contribution >= 0.6 is 0 Å². The molecule has 0 amide bonds. The largest absolute Gasteiger partial charge is 0.374 e. The van der Waals surface area contributed by atoms with Gasteiger partial charge in [-0.25, -0.2) is 0 Å². The van der Waals surface area contributed by atoms with Gasteiger partial charge in [0.15, 0.2) is 6.29 Å². The van der Waals surface area contributed by atoms with Crippen LogP contribution in [-0.4, -0.2) is 42.2 Å². The van der Waals surface area contributed by atoms with Gasteiger partial charge in [-0.3, -0.25) is 4.55 Å². The maximum Gasteiger partial charge on any atom is 0.294 e. The highest BCUT2D eigenvalue weighted by Crippen LogP contribution is 2.13. The summed E-state index contributed by atoms with van der Waals surface area (Å²) in [6, 6.07) is 5.99. The van der Waals surface area contributed by atoms with Gasteiger partial charge in [0.2, 0.25) is 0 Å². The average molecular weight is 437 g/mol. The van der Waals surface area contributed by atoms with Crippen LogP contribution in [0.5, 0.6) is 0 Å². The van der Waals surface area contributed by atoms with Gasteiger partial charge in [-0.15, -0.1) is 12.8 Å². The summed E-state index contributed by atoms with van der Waals surface area (Å²) in [7, 11) is -4.02. The second-order valence-corrected chi connectivity index (χ2v) is 7.80. The minimum absolute atomic E-state index is 0.0666. The standard InChI is InChI=1S/C10H16O2.C7H8O3S.C6H8O/c1-6-10(5,7-2)12-9(4)11-8-3;1-6-2-4-7(5-3-6)11(8,9)10;1-4-6(3,7)5-2/h1,7,9H,2,8H2,3-5H3;2-5H,1H3,(H,8,9,10);1,5,7H,2H2,3H3. The van der Waals surface area contributed by atoms with Gasteiger partial charge < -0.3 is 14.6 Å². The molecule has 166 valence electrons. The van der Waals surface area contributed by atoms with Crippen LogP contribution in [0.25, 0.3) is 0 Å². The van der Waals surface area contributed by atoms with Crippen LogP contribution in [0, 0.1) is 31.6 Å². The molecule has 0 aliphatic heterocycles. The molecule has 7 heteroatoms. The molecule has 0 spiro atoms. The number of ether oxygens (including phenoxy) is 2. The Hall–Kier alpha value is -2.39. The van der Waals surface area contributed by atoms with Crippen molar-refractivity contribution in [2.45, 2.75) is 57.0 Å². The zero-order chi connectivity index (χ0) is 24.0. The summed E-state index contributed by atoms with van der Waals surface area (Å²) < 4.78 is 40.1. The van der Waals surface area contributed by atoms with Crippen LogP contribution in [0.15, 0.2) is 54.5 Å². The van der Waals surface area contributed by atoms with E-state index < -0.39 is 21.3 Å². The Morgan fingerprint density at radius 1 is 1.17 bits per heavy atom. The number of hydrogen-bond acceptors (Lipinski definition) is 5. The molecule has 0 heterocycles. The summed E-state index contributed by atoms with van der Waals surface area (Å²) in [5, 5.41) is 8.78. The predicted molar refractivity (Wildman–Crippen MR) is 120 cm³/mol. The normalized spacial score (nSPS) is 15.1. The molecule has 30 heavy (non-hydrogen) atoms.